The SMILES string of the molecule is Cc1cc2c(cn1)cc(-c1ccccc1C)c(=O)n2C. The number of pyridine rings is 2. The lowest BCUT2D eigenvalue weighted by Crippen LogP contribution is -2.19. The predicted octanol–water partition coefficient (Wildman–Crippen LogP) is 3.22. The van der Waals surface area contributed by atoms with Gasteiger partial charge in [0.25, 0.3) is 5.56 Å². The van der Waals surface area contributed by atoms with Crippen molar-refractivity contribution in [3.8, 4) is 11.1 Å². The zero-order chi connectivity index (χ0) is 14.3. The van der Waals surface area contributed by atoms with Crippen LogP contribution in [0.3, 0.4) is 0 Å². The highest BCUT2D eigenvalue weighted by Gasteiger charge is 2.10. The Morgan fingerprint density at radius 1 is 1.05 bits per heavy atom. The van der Waals surface area contributed by atoms with Crippen molar-refractivity contribution in [2.45, 2.75) is 13.8 Å². The minimum Gasteiger partial charge on any atom is -0.311 e. The number of hydrogen-bond acceptors (Lipinski definition) is 2. The molecule has 0 N–H and O–H groups in total. The molecule has 2 aromatic heterocycles. The van der Waals surface area contributed by atoms with E-state index in [1.807, 2.05) is 63.5 Å². The number of fused-ring (bicyclic) bond motifs is 1. The van der Waals surface area contributed by atoms with E-state index in [1.54, 1.807) is 4.57 Å². The number of hydrogen-bond donors (Lipinski definition) is 0. The van der Waals surface area contributed by atoms with Gasteiger partial charge < -0.3 is 4.57 Å². The van der Waals surface area contributed by atoms with Crippen LogP contribution in [0.2, 0.25) is 0 Å². The van der Waals surface area contributed by atoms with E-state index in [0.717, 1.165) is 33.3 Å². The minimum atomic E-state index is 0.0254. The molecule has 0 fully saturated rings. The number of aromatic nitrogens is 2. The highest BCUT2D eigenvalue weighted by molar-refractivity contribution is 5.84. The summed E-state index contributed by atoms with van der Waals surface area (Å²) in [6.07, 6.45) is 1.83. The van der Waals surface area contributed by atoms with Crippen LogP contribution in [0.1, 0.15) is 11.3 Å². The fourth-order valence-electron chi connectivity index (χ4n) is 2.53. The monoisotopic (exact) mass is 264 g/mol. The number of rotatable bonds is 1. The third-order valence-corrected chi connectivity index (χ3v) is 3.68. The summed E-state index contributed by atoms with van der Waals surface area (Å²) in [4.78, 5) is 16.9. The molecule has 3 nitrogen and oxygen atoms in total. The quantitative estimate of drug-likeness (QED) is 0.676. The fraction of sp³-hybridized carbons (Fsp3) is 0.176. The second-order valence-corrected chi connectivity index (χ2v) is 5.12. The van der Waals surface area contributed by atoms with Crippen LogP contribution < -0.4 is 5.56 Å². The molecule has 3 heteroatoms. The van der Waals surface area contributed by atoms with E-state index in [1.165, 1.54) is 0 Å². The smallest absolute Gasteiger partial charge is 0.258 e. The summed E-state index contributed by atoms with van der Waals surface area (Å²) >= 11 is 0. The molecule has 0 radical (unpaired) electrons. The largest absolute Gasteiger partial charge is 0.311 e. The van der Waals surface area contributed by atoms with E-state index in [0.29, 0.717) is 0 Å². The van der Waals surface area contributed by atoms with E-state index in [4.69, 9.17) is 0 Å². The van der Waals surface area contributed by atoms with Gasteiger partial charge in [-0.05, 0) is 37.1 Å². The van der Waals surface area contributed by atoms with Gasteiger partial charge in [0.05, 0.1) is 5.52 Å². The molecule has 3 aromatic rings. The van der Waals surface area contributed by atoms with E-state index < -0.39 is 0 Å². The maximum absolute atomic E-state index is 12.6. The molecule has 1 aromatic carbocycles. The van der Waals surface area contributed by atoms with E-state index in [9.17, 15) is 4.79 Å². The van der Waals surface area contributed by atoms with Crippen LogP contribution in [-0.2, 0) is 7.05 Å². The Morgan fingerprint density at radius 3 is 2.55 bits per heavy atom. The summed E-state index contributed by atoms with van der Waals surface area (Å²) in [6, 6.07) is 11.8. The maximum atomic E-state index is 12.6. The molecule has 0 spiro atoms. The van der Waals surface area contributed by atoms with Crippen molar-refractivity contribution in [1.29, 1.82) is 0 Å². The Bertz CT molecular complexity index is 862. The summed E-state index contributed by atoms with van der Waals surface area (Å²) in [5, 5.41) is 0.982. The van der Waals surface area contributed by atoms with Gasteiger partial charge in [-0.15, -0.1) is 0 Å². The molecule has 0 aliphatic rings. The first-order chi connectivity index (χ1) is 9.58. The van der Waals surface area contributed by atoms with Crippen LogP contribution in [-0.4, -0.2) is 9.55 Å². The molecule has 0 aliphatic heterocycles. The normalized spacial score (nSPS) is 10.9. The third-order valence-electron chi connectivity index (χ3n) is 3.68. The Kier molecular flexibility index (Phi) is 2.90. The average molecular weight is 264 g/mol. The zero-order valence-corrected chi connectivity index (χ0v) is 11.8. The Hall–Kier alpha value is -2.42. The lowest BCUT2D eigenvalue weighted by Gasteiger charge is -2.11. The van der Waals surface area contributed by atoms with Crippen LogP contribution in [0.15, 0.2) is 47.4 Å². The lowest BCUT2D eigenvalue weighted by atomic mass is 10.0. The van der Waals surface area contributed by atoms with Crippen molar-refractivity contribution in [3.05, 3.63) is 64.2 Å². The first-order valence-electron chi connectivity index (χ1n) is 6.60. The van der Waals surface area contributed by atoms with Gasteiger partial charge in [-0.1, -0.05) is 24.3 Å². The highest BCUT2D eigenvalue weighted by atomic mass is 16.1. The van der Waals surface area contributed by atoms with Gasteiger partial charge in [0.1, 0.15) is 0 Å². The molecule has 20 heavy (non-hydrogen) atoms. The highest BCUT2D eigenvalue weighted by Crippen LogP contribution is 2.23. The average Bonchev–Trinajstić information content (AvgIpc) is 2.44. The van der Waals surface area contributed by atoms with Gasteiger partial charge >= 0.3 is 0 Å². The maximum Gasteiger partial charge on any atom is 0.258 e. The summed E-state index contributed by atoms with van der Waals surface area (Å²) in [7, 11) is 1.81. The molecule has 0 aliphatic carbocycles. The minimum absolute atomic E-state index is 0.0254. The van der Waals surface area contributed by atoms with Crippen molar-refractivity contribution >= 4 is 10.9 Å². The molecule has 0 amide bonds. The standard InChI is InChI=1S/C17H16N2O/c1-11-6-4-5-7-14(11)15-9-13-10-18-12(2)8-16(13)19(3)17(15)20/h4-10H,1-3H3. The van der Waals surface area contributed by atoms with Gasteiger partial charge in [-0.3, -0.25) is 9.78 Å². The molecule has 2 heterocycles. The second kappa shape index (κ2) is 4.60. The summed E-state index contributed by atoms with van der Waals surface area (Å²) in [6.45, 7) is 3.95. The molecular weight excluding hydrogens is 248 g/mol. The van der Waals surface area contributed by atoms with Crippen LogP contribution in [0, 0.1) is 13.8 Å². The molecule has 3 rings (SSSR count). The van der Waals surface area contributed by atoms with Crippen LogP contribution in [0.5, 0.6) is 0 Å². The van der Waals surface area contributed by atoms with Gasteiger partial charge in [0, 0.05) is 29.9 Å². The lowest BCUT2D eigenvalue weighted by molar-refractivity contribution is 0.905. The first-order valence-corrected chi connectivity index (χ1v) is 6.60. The molecule has 0 atom stereocenters. The Balaban J connectivity index is 2.39. The van der Waals surface area contributed by atoms with Gasteiger partial charge in [0.2, 0.25) is 0 Å². The van der Waals surface area contributed by atoms with Crippen molar-refractivity contribution < 1.29 is 0 Å². The van der Waals surface area contributed by atoms with E-state index in [2.05, 4.69) is 4.98 Å². The second-order valence-electron chi connectivity index (χ2n) is 5.12. The van der Waals surface area contributed by atoms with Crippen LogP contribution in [0.4, 0.5) is 0 Å². The zero-order valence-electron chi connectivity index (χ0n) is 11.8. The van der Waals surface area contributed by atoms with Gasteiger partial charge in [-0.25, -0.2) is 0 Å². The fourth-order valence-corrected chi connectivity index (χ4v) is 2.53. The Labute approximate surface area is 117 Å². The molecular formula is C17H16N2O. The van der Waals surface area contributed by atoms with Gasteiger partial charge in [0.15, 0.2) is 0 Å². The Morgan fingerprint density at radius 2 is 1.80 bits per heavy atom. The number of aryl methyl sites for hydroxylation is 3. The van der Waals surface area contributed by atoms with Crippen molar-refractivity contribution in [1.82, 2.24) is 9.55 Å². The first kappa shape index (κ1) is 12.6. The topological polar surface area (TPSA) is 34.9 Å². The summed E-state index contributed by atoms with van der Waals surface area (Å²) in [5.41, 5.74) is 4.66. The number of benzene rings is 1. The third kappa shape index (κ3) is 1.92. The summed E-state index contributed by atoms with van der Waals surface area (Å²) < 4.78 is 1.70. The number of nitrogens with zero attached hydrogens (tertiary/aromatic N) is 2. The van der Waals surface area contributed by atoms with Crippen LogP contribution in [0.25, 0.3) is 22.0 Å². The van der Waals surface area contributed by atoms with E-state index >= 15 is 0 Å². The van der Waals surface area contributed by atoms with Crippen molar-refractivity contribution in [2.75, 3.05) is 0 Å². The predicted molar refractivity (Wildman–Crippen MR) is 81.9 cm³/mol. The van der Waals surface area contributed by atoms with Crippen molar-refractivity contribution in [3.63, 3.8) is 0 Å². The molecule has 0 unspecified atom stereocenters. The van der Waals surface area contributed by atoms with Crippen molar-refractivity contribution in [2.24, 2.45) is 7.05 Å². The molecule has 0 saturated heterocycles. The molecule has 0 saturated carbocycles. The summed E-state index contributed by atoms with van der Waals surface area (Å²) in [5.74, 6) is 0. The molecule has 100 valence electrons. The van der Waals surface area contributed by atoms with Crippen LogP contribution >= 0.6 is 0 Å². The van der Waals surface area contributed by atoms with Gasteiger partial charge in [-0.2, -0.15) is 0 Å². The van der Waals surface area contributed by atoms with E-state index in [-0.39, 0.29) is 5.56 Å². The molecule has 0 bridgehead atoms.